The van der Waals surface area contributed by atoms with E-state index in [0.29, 0.717) is 12.1 Å². The Kier molecular flexibility index (Phi) is 4.91. The Bertz CT molecular complexity index is 904. The first-order chi connectivity index (χ1) is 13.8. The van der Waals surface area contributed by atoms with Crippen LogP contribution in [0.1, 0.15) is 45.5 Å². The van der Waals surface area contributed by atoms with Gasteiger partial charge in [-0.15, -0.1) is 0 Å². The van der Waals surface area contributed by atoms with Crippen molar-refractivity contribution in [3.8, 4) is 0 Å². The largest absolute Gasteiger partial charge is 0.311 e. The summed E-state index contributed by atoms with van der Waals surface area (Å²) < 4.78 is 27.9. The summed E-state index contributed by atoms with van der Waals surface area (Å²) in [7, 11) is 0. The van der Waals surface area contributed by atoms with E-state index in [0.717, 1.165) is 4.90 Å². The summed E-state index contributed by atoms with van der Waals surface area (Å²) in [5.41, 5.74) is 0.885. The fourth-order valence-electron chi connectivity index (χ4n) is 3.96. The van der Waals surface area contributed by atoms with Crippen LogP contribution in [0.3, 0.4) is 0 Å². The molecule has 3 aliphatic heterocycles. The maximum absolute atomic E-state index is 13.9. The summed E-state index contributed by atoms with van der Waals surface area (Å²) in [6.07, 6.45) is 0.400. The van der Waals surface area contributed by atoms with Crippen LogP contribution in [-0.4, -0.2) is 59.6 Å². The molecule has 2 atom stereocenters. The van der Waals surface area contributed by atoms with Gasteiger partial charge in [0.1, 0.15) is 6.04 Å². The van der Waals surface area contributed by atoms with Gasteiger partial charge in [0.05, 0.1) is 23.7 Å². The van der Waals surface area contributed by atoms with E-state index in [1.54, 1.807) is 6.07 Å². The zero-order chi connectivity index (χ0) is 20.8. The first kappa shape index (κ1) is 19.6. The van der Waals surface area contributed by atoms with E-state index in [2.05, 4.69) is 16.0 Å². The summed E-state index contributed by atoms with van der Waals surface area (Å²) in [4.78, 5) is 49.7. The van der Waals surface area contributed by atoms with Crippen molar-refractivity contribution in [3.05, 3.63) is 34.9 Å². The van der Waals surface area contributed by atoms with Crippen molar-refractivity contribution in [2.75, 3.05) is 13.1 Å². The number of fused-ring (bicyclic) bond motifs is 1. The van der Waals surface area contributed by atoms with E-state index in [1.165, 1.54) is 12.1 Å². The maximum atomic E-state index is 13.9. The molecule has 3 N–H and O–H groups in total. The van der Waals surface area contributed by atoms with Crippen LogP contribution in [0.4, 0.5) is 8.78 Å². The Morgan fingerprint density at radius 1 is 1.10 bits per heavy atom. The molecule has 4 rings (SSSR count). The standard InChI is InChI=1S/C19H20F2N4O4/c20-19(21)9-22-6-5-14(19)23-8-10-1-2-11-12(7-10)18(29)25(17(11)28)13-3-4-15(26)24-16(13)27/h1-2,7,13-14,22-23H,3-6,8-9H2,(H,24,26,27). The van der Waals surface area contributed by atoms with Crippen LogP contribution in [0.25, 0.3) is 0 Å². The summed E-state index contributed by atoms with van der Waals surface area (Å²) in [5, 5.41) is 7.63. The van der Waals surface area contributed by atoms with Crippen LogP contribution >= 0.6 is 0 Å². The molecule has 0 bridgehead atoms. The van der Waals surface area contributed by atoms with Crippen LogP contribution in [0.15, 0.2) is 18.2 Å². The number of hydrogen-bond acceptors (Lipinski definition) is 6. The van der Waals surface area contributed by atoms with Gasteiger partial charge in [-0.05, 0) is 37.1 Å². The third-order valence-electron chi connectivity index (χ3n) is 5.54. The quantitative estimate of drug-likeness (QED) is 0.616. The lowest BCUT2D eigenvalue weighted by molar-refractivity contribution is -0.136. The summed E-state index contributed by atoms with van der Waals surface area (Å²) in [6, 6.07) is 2.56. The van der Waals surface area contributed by atoms with Gasteiger partial charge < -0.3 is 10.6 Å². The predicted molar refractivity (Wildman–Crippen MR) is 96.2 cm³/mol. The Hall–Kier alpha value is -2.72. The molecule has 10 heteroatoms. The van der Waals surface area contributed by atoms with Gasteiger partial charge in [-0.25, -0.2) is 8.78 Å². The number of nitrogens with one attached hydrogen (secondary N) is 3. The molecule has 3 aliphatic rings. The third kappa shape index (κ3) is 3.53. The Labute approximate surface area is 165 Å². The molecule has 0 saturated carbocycles. The van der Waals surface area contributed by atoms with Crippen molar-refractivity contribution in [1.29, 1.82) is 0 Å². The number of carbonyl (C=O) groups excluding carboxylic acids is 4. The van der Waals surface area contributed by atoms with Crippen molar-refractivity contribution in [2.24, 2.45) is 0 Å². The molecule has 3 heterocycles. The van der Waals surface area contributed by atoms with Crippen LogP contribution in [0.2, 0.25) is 0 Å². The van der Waals surface area contributed by atoms with Gasteiger partial charge >= 0.3 is 0 Å². The average molecular weight is 406 g/mol. The van der Waals surface area contributed by atoms with Gasteiger partial charge in [0, 0.05) is 13.0 Å². The fraction of sp³-hybridized carbons (Fsp3) is 0.474. The molecule has 1 aromatic carbocycles. The molecule has 8 nitrogen and oxygen atoms in total. The molecule has 0 aliphatic carbocycles. The van der Waals surface area contributed by atoms with Gasteiger partial charge in [-0.2, -0.15) is 0 Å². The highest BCUT2D eigenvalue weighted by Gasteiger charge is 2.45. The third-order valence-corrected chi connectivity index (χ3v) is 5.54. The molecule has 29 heavy (non-hydrogen) atoms. The smallest absolute Gasteiger partial charge is 0.275 e. The number of hydrogen-bond donors (Lipinski definition) is 3. The van der Waals surface area contributed by atoms with E-state index >= 15 is 0 Å². The SMILES string of the molecule is O=C1CCC(N2C(=O)c3ccc(CNC4CCNCC4(F)F)cc3C2=O)C(=O)N1. The van der Waals surface area contributed by atoms with E-state index in [9.17, 15) is 28.0 Å². The molecule has 0 aromatic heterocycles. The molecule has 1 aromatic rings. The molecular weight excluding hydrogens is 386 g/mol. The zero-order valence-corrected chi connectivity index (χ0v) is 15.5. The number of piperidine rings is 2. The lowest BCUT2D eigenvalue weighted by atomic mass is 10.0. The van der Waals surface area contributed by atoms with Crippen LogP contribution in [0.5, 0.6) is 0 Å². The van der Waals surface area contributed by atoms with E-state index in [4.69, 9.17) is 0 Å². The van der Waals surface area contributed by atoms with Gasteiger partial charge in [-0.3, -0.25) is 29.4 Å². The zero-order valence-electron chi connectivity index (χ0n) is 15.5. The van der Waals surface area contributed by atoms with Crippen molar-refractivity contribution in [2.45, 2.75) is 43.8 Å². The second-order valence-electron chi connectivity index (χ2n) is 7.49. The minimum Gasteiger partial charge on any atom is -0.311 e. The van der Waals surface area contributed by atoms with Crippen molar-refractivity contribution in [1.82, 2.24) is 20.9 Å². The monoisotopic (exact) mass is 406 g/mol. The Morgan fingerprint density at radius 2 is 1.86 bits per heavy atom. The number of alkyl halides is 2. The number of imide groups is 2. The number of amides is 4. The Balaban J connectivity index is 1.50. The second-order valence-corrected chi connectivity index (χ2v) is 7.49. The molecular formula is C19H20F2N4O4. The van der Waals surface area contributed by atoms with Gasteiger partial charge in [0.2, 0.25) is 11.8 Å². The molecule has 2 unspecified atom stereocenters. The lowest BCUT2D eigenvalue weighted by Gasteiger charge is -2.32. The number of nitrogens with zero attached hydrogens (tertiary/aromatic N) is 1. The molecule has 0 spiro atoms. The maximum Gasteiger partial charge on any atom is 0.275 e. The van der Waals surface area contributed by atoms with E-state index in [1.807, 2.05) is 0 Å². The normalized spacial score (nSPS) is 26.5. The molecule has 4 amide bonds. The second kappa shape index (κ2) is 7.27. The highest BCUT2D eigenvalue weighted by atomic mass is 19.3. The summed E-state index contributed by atoms with van der Waals surface area (Å²) >= 11 is 0. The molecule has 2 saturated heterocycles. The average Bonchev–Trinajstić information content (AvgIpc) is 2.91. The summed E-state index contributed by atoms with van der Waals surface area (Å²) in [6.45, 7) is 0.224. The highest BCUT2D eigenvalue weighted by molar-refractivity contribution is 6.23. The Morgan fingerprint density at radius 3 is 2.59 bits per heavy atom. The first-order valence-corrected chi connectivity index (χ1v) is 9.44. The number of carbonyl (C=O) groups is 4. The summed E-state index contributed by atoms with van der Waals surface area (Å²) in [5.74, 6) is -5.20. The van der Waals surface area contributed by atoms with E-state index in [-0.39, 0.29) is 43.5 Å². The predicted octanol–water partition coefficient (Wildman–Crippen LogP) is 0.175. The number of benzene rings is 1. The lowest BCUT2D eigenvalue weighted by Crippen LogP contribution is -2.55. The molecule has 2 fully saturated rings. The highest BCUT2D eigenvalue weighted by Crippen LogP contribution is 2.29. The van der Waals surface area contributed by atoms with Crippen molar-refractivity contribution < 1.29 is 28.0 Å². The number of rotatable bonds is 4. The van der Waals surface area contributed by atoms with Crippen molar-refractivity contribution in [3.63, 3.8) is 0 Å². The number of halogens is 2. The fourth-order valence-corrected chi connectivity index (χ4v) is 3.96. The first-order valence-electron chi connectivity index (χ1n) is 9.44. The van der Waals surface area contributed by atoms with E-state index < -0.39 is 41.6 Å². The van der Waals surface area contributed by atoms with Crippen LogP contribution in [-0.2, 0) is 16.1 Å². The van der Waals surface area contributed by atoms with Gasteiger partial charge in [-0.1, -0.05) is 6.07 Å². The van der Waals surface area contributed by atoms with Crippen LogP contribution in [0, 0.1) is 0 Å². The van der Waals surface area contributed by atoms with Crippen molar-refractivity contribution >= 4 is 23.6 Å². The minimum atomic E-state index is -2.87. The minimum absolute atomic E-state index is 0.0451. The van der Waals surface area contributed by atoms with Crippen LogP contribution < -0.4 is 16.0 Å². The molecule has 0 radical (unpaired) electrons. The van der Waals surface area contributed by atoms with Gasteiger partial charge in [0.25, 0.3) is 17.7 Å². The van der Waals surface area contributed by atoms with Gasteiger partial charge in [0.15, 0.2) is 0 Å². The topological polar surface area (TPSA) is 108 Å². The molecule has 154 valence electrons.